The highest BCUT2D eigenvalue weighted by atomic mass is 32.2. The van der Waals surface area contributed by atoms with Gasteiger partial charge < -0.3 is 23.9 Å². The summed E-state index contributed by atoms with van der Waals surface area (Å²) in [4.78, 5) is 66.8. The molecule has 1 saturated carbocycles. The van der Waals surface area contributed by atoms with Gasteiger partial charge in [0.1, 0.15) is 17.9 Å². The summed E-state index contributed by atoms with van der Waals surface area (Å²) in [5, 5.41) is 8.92. The number of carboxylic acid groups (broad SMARTS) is 1. The first-order valence-corrected chi connectivity index (χ1v) is 13.4. The van der Waals surface area contributed by atoms with Crippen LogP contribution >= 0.6 is 11.8 Å². The molecule has 4 heterocycles. The number of aromatic carboxylic acids is 1. The lowest BCUT2D eigenvalue weighted by Crippen LogP contribution is -2.52. The van der Waals surface area contributed by atoms with E-state index in [-0.39, 0.29) is 48.2 Å². The standard InChI is InChI=1S/C27H23FN4O7S/c28-19-10-17-20(31(16-1-2-16)12-18(24(17)34)26(36)37)11-21(19)29-4-6-30(7-5-29)23(33)13-32-25(35)22(40-27(32)38)9-15-3-8-39-14-15/h3,8-12,14,16H,1-2,4-7,13H2,(H,36,37)/b22-9-. The highest BCUT2D eigenvalue weighted by Crippen LogP contribution is 2.38. The average Bonchev–Trinajstić information content (AvgIpc) is 3.59. The number of furan rings is 1. The quantitative estimate of drug-likeness (QED) is 0.447. The number of thioether (sulfide) groups is 1. The van der Waals surface area contributed by atoms with Crippen molar-refractivity contribution in [2.75, 3.05) is 37.6 Å². The van der Waals surface area contributed by atoms with Gasteiger partial charge in [-0.15, -0.1) is 0 Å². The van der Waals surface area contributed by atoms with E-state index in [0.717, 1.165) is 35.6 Å². The van der Waals surface area contributed by atoms with Crippen LogP contribution < -0.4 is 10.3 Å². The van der Waals surface area contributed by atoms with Gasteiger partial charge in [0.2, 0.25) is 11.3 Å². The number of anilines is 1. The van der Waals surface area contributed by atoms with Crippen LogP contribution in [0.15, 0.2) is 51.0 Å². The Labute approximate surface area is 230 Å². The number of imide groups is 1. The molecule has 3 fully saturated rings. The maximum atomic E-state index is 15.2. The number of nitrogens with zero attached hydrogens (tertiary/aromatic N) is 4. The molecule has 3 aromatic rings. The number of rotatable bonds is 6. The number of amides is 3. The van der Waals surface area contributed by atoms with Crippen molar-refractivity contribution in [1.29, 1.82) is 0 Å². The first-order chi connectivity index (χ1) is 19.2. The van der Waals surface area contributed by atoms with E-state index in [2.05, 4.69) is 0 Å². The molecule has 0 atom stereocenters. The number of carbonyl (C=O) groups is 4. The molecule has 0 radical (unpaired) electrons. The van der Waals surface area contributed by atoms with Gasteiger partial charge in [-0.25, -0.2) is 9.18 Å². The molecule has 1 aromatic carbocycles. The van der Waals surface area contributed by atoms with Gasteiger partial charge >= 0.3 is 5.97 Å². The highest BCUT2D eigenvalue weighted by molar-refractivity contribution is 8.18. The Bertz CT molecular complexity index is 1650. The fourth-order valence-corrected chi connectivity index (χ4v) is 5.82. The summed E-state index contributed by atoms with van der Waals surface area (Å²) in [5.74, 6) is -2.95. The molecule has 3 aliphatic rings. The summed E-state index contributed by atoms with van der Waals surface area (Å²) in [7, 11) is 0. The molecule has 0 spiro atoms. The molecular weight excluding hydrogens is 543 g/mol. The Balaban J connectivity index is 1.16. The number of benzene rings is 1. The van der Waals surface area contributed by atoms with E-state index in [0.29, 0.717) is 11.1 Å². The summed E-state index contributed by atoms with van der Waals surface area (Å²) in [6.07, 6.45) is 7.43. The normalized spacial score (nSPS) is 18.8. The molecule has 3 amide bonds. The maximum Gasteiger partial charge on any atom is 0.341 e. The Kier molecular flexibility index (Phi) is 6.45. The van der Waals surface area contributed by atoms with E-state index < -0.39 is 46.4 Å². The lowest BCUT2D eigenvalue weighted by Gasteiger charge is -2.36. The number of piperazine rings is 1. The second kappa shape index (κ2) is 9.97. The lowest BCUT2D eigenvalue weighted by molar-refractivity contribution is -0.136. The van der Waals surface area contributed by atoms with Crippen LogP contribution in [0.4, 0.5) is 14.9 Å². The summed E-state index contributed by atoms with van der Waals surface area (Å²) in [6, 6.07) is 4.36. The van der Waals surface area contributed by atoms with Crippen molar-refractivity contribution in [2.24, 2.45) is 0 Å². The first kappa shape index (κ1) is 25.9. The zero-order chi connectivity index (χ0) is 28.1. The second-order valence-corrected chi connectivity index (χ2v) is 10.8. The number of hydrogen-bond donors (Lipinski definition) is 1. The minimum absolute atomic E-state index is 0.0147. The van der Waals surface area contributed by atoms with Crippen LogP contribution in [-0.2, 0) is 9.59 Å². The molecule has 13 heteroatoms. The summed E-state index contributed by atoms with van der Waals surface area (Å²) >= 11 is 0.759. The van der Waals surface area contributed by atoms with Gasteiger partial charge in [-0.1, -0.05) is 0 Å². The van der Waals surface area contributed by atoms with Gasteiger partial charge in [-0.05, 0) is 48.9 Å². The molecule has 1 N–H and O–H groups in total. The van der Waals surface area contributed by atoms with Crippen LogP contribution in [0.5, 0.6) is 0 Å². The number of hydrogen-bond acceptors (Lipinski definition) is 8. The molecule has 40 heavy (non-hydrogen) atoms. The van der Waals surface area contributed by atoms with Gasteiger partial charge in [0.05, 0.1) is 28.6 Å². The van der Waals surface area contributed by atoms with Gasteiger partial charge in [-0.3, -0.25) is 24.1 Å². The number of fused-ring (bicyclic) bond motifs is 1. The number of carbonyl (C=O) groups excluding carboxylic acids is 3. The van der Waals surface area contributed by atoms with Gasteiger partial charge in [0, 0.05) is 49.4 Å². The van der Waals surface area contributed by atoms with Gasteiger partial charge in [0.15, 0.2) is 0 Å². The van der Waals surface area contributed by atoms with Crippen LogP contribution in [0.25, 0.3) is 17.0 Å². The van der Waals surface area contributed by atoms with E-state index in [1.54, 1.807) is 21.6 Å². The van der Waals surface area contributed by atoms with Crippen molar-refractivity contribution < 1.29 is 33.1 Å². The third-order valence-electron chi connectivity index (χ3n) is 7.25. The maximum absolute atomic E-state index is 15.2. The number of carboxylic acids is 1. The molecule has 6 rings (SSSR count). The van der Waals surface area contributed by atoms with Crippen molar-refractivity contribution in [1.82, 2.24) is 14.4 Å². The molecule has 206 valence electrons. The van der Waals surface area contributed by atoms with E-state index in [1.807, 2.05) is 0 Å². The van der Waals surface area contributed by atoms with Gasteiger partial charge in [0.25, 0.3) is 11.1 Å². The molecule has 2 aromatic heterocycles. The summed E-state index contributed by atoms with van der Waals surface area (Å²) < 4.78 is 21.9. The van der Waals surface area contributed by atoms with Crippen LogP contribution in [0.2, 0.25) is 0 Å². The lowest BCUT2D eigenvalue weighted by atomic mass is 10.1. The predicted molar refractivity (Wildman–Crippen MR) is 144 cm³/mol. The Morgan fingerprint density at radius 1 is 1.12 bits per heavy atom. The molecule has 2 saturated heterocycles. The van der Waals surface area contributed by atoms with Crippen LogP contribution in [0.1, 0.15) is 34.8 Å². The second-order valence-electron chi connectivity index (χ2n) is 9.83. The smallest absolute Gasteiger partial charge is 0.341 e. The van der Waals surface area contributed by atoms with Crippen molar-refractivity contribution in [3.05, 3.63) is 69.0 Å². The van der Waals surface area contributed by atoms with Gasteiger partial charge in [-0.2, -0.15) is 0 Å². The zero-order valence-corrected chi connectivity index (χ0v) is 21.9. The Morgan fingerprint density at radius 2 is 1.88 bits per heavy atom. The monoisotopic (exact) mass is 566 g/mol. The summed E-state index contributed by atoms with van der Waals surface area (Å²) in [6.45, 7) is 0.668. The largest absolute Gasteiger partial charge is 0.477 e. The summed E-state index contributed by atoms with van der Waals surface area (Å²) in [5.41, 5.74) is 0.232. The Hall–Kier alpha value is -4.39. The molecule has 2 aliphatic heterocycles. The van der Waals surface area contributed by atoms with Crippen molar-refractivity contribution >= 4 is 57.5 Å². The third kappa shape index (κ3) is 4.66. The van der Waals surface area contributed by atoms with Crippen LogP contribution in [0, 0.1) is 5.82 Å². The topological polar surface area (TPSA) is 133 Å². The van der Waals surface area contributed by atoms with E-state index in [4.69, 9.17) is 4.42 Å². The fraction of sp³-hybridized carbons (Fsp3) is 0.296. The number of aromatic nitrogens is 1. The predicted octanol–water partition coefficient (Wildman–Crippen LogP) is 3.15. The SMILES string of the molecule is O=C(O)c1cn(C2CC2)c2cc(N3CCN(C(=O)CN4C(=O)S/C(=C\c5ccoc5)C4=O)CC3)c(F)cc2c1=O. The van der Waals surface area contributed by atoms with E-state index in [9.17, 15) is 29.1 Å². The highest BCUT2D eigenvalue weighted by Gasteiger charge is 2.38. The van der Waals surface area contributed by atoms with Crippen molar-refractivity contribution in [3.63, 3.8) is 0 Å². The van der Waals surface area contributed by atoms with E-state index >= 15 is 4.39 Å². The van der Waals surface area contributed by atoms with Crippen molar-refractivity contribution in [2.45, 2.75) is 18.9 Å². The first-order valence-electron chi connectivity index (χ1n) is 12.6. The van der Waals surface area contributed by atoms with E-state index in [1.165, 1.54) is 29.7 Å². The van der Waals surface area contributed by atoms with Crippen molar-refractivity contribution in [3.8, 4) is 0 Å². The molecule has 11 nitrogen and oxygen atoms in total. The minimum atomic E-state index is -1.35. The van der Waals surface area contributed by atoms with Crippen LogP contribution in [0.3, 0.4) is 0 Å². The average molecular weight is 567 g/mol. The number of halogens is 1. The Morgan fingerprint density at radius 3 is 2.52 bits per heavy atom. The molecular formula is C27H23FN4O7S. The minimum Gasteiger partial charge on any atom is -0.477 e. The molecule has 0 bridgehead atoms. The molecule has 1 aliphatic carbocycles. The van der Waals surface area contributed by atoms with Crippen LogP contribution in [-0.4, -0.2) is 75.2 Å². The number of pyridine rings is 1. The zero-order valence-electron chi connectivity index (χ0n) is 21.0. The third-order valence-corrected chi connectivity index (χ3v) is 8.16. The molecule has 0 unspecified atom stereocenters. The fourth-order valence-electron chi connectivity index (χ4n) is 4.98.